The van der Waals surface area contributed by atoms with Crippen molar-refractivity contribution < 1.29 is 4.52 Å². The van der Waals surface area contributed by atoms with E-state index >= 15 is 0 Å². The molecule has 0 spiro atoms. The van der Waals surface area contributed by atoms with Crippen LogP contribution in [0.4, 0.5) is 0 Å². The van der Waals surface area contributed by atoms with Gasteiger partial charge in [-0.25, -0.2) is 0 Å². The molecule has 1 atom stereocenters. The van der Waals surface area contributed by atoms with Gasteiger partial charge in [-0.05, 0) is 37.4 Å². The molecule has 1 N–H and O–H groups in total. The SMILES string of the molecule is CCCC1(c2nc(Cc3ccccc3Br)no2)CCCN1. The molecule has 0 saturated carbocycles. The molecule has 0 bridgehead atoms. The van der Waals surface area contributed by atoms with Crippen LogP contribution in [-0.4, -0.2) is 16.7 Å². The number of halogens is 1. The Morgan fingerprint density at radius 1 is 1.38 bits per heavy atom. The number of rotatable bonds is 5. The van der Waals surface area contributed by atoms with Crippen molar-refractivity contribution in [2.24, 2.45) is 0 Å². The molecule has 1 aliphatic heterocycles. The fourth-order valence-corrected chi connectivity index (χ4v) is 3.49. The molecule has 21 heavy (non-hydrogen) atoms. The molecule has 2 aromatic rings. The molecule has 1 aromatic heterocycles. The topological polar surface area (TPSA) is 51.0 Å². The minimum atomic E-state index is -0.103. The lowest BCUT2D eigenvalue weighted by Crippen LogP contribution is -2.37. The highest BCUT2D eigenvalue weighted by atomic mass is 79.9. The van der Waals surface area contributed by atoms with Gasteiger partial charge >= 0.3 is 0 Å². The maximum absolute atomic E-state index is 5.58. The molecule has 1 unspecified atom stereocenters. The van der Waals surface area contributed by atoms with Crippen molar-refractivity contribution in [3.63, 3.8) is 0 Å². The molecular weight excluding hydrogens is 330 g/mol. The van der Waals surface area contributed by atoms with Crippen molar-refractivity contribution in [3.05, 3.63) is 46.0 Å². The standard InChI is InChI=1S/C16H20BrN3O/c1-2-8-16(9-5-10-18-16)15-19-14(20-21-15)11-12-6-3-4-7-13(12)17/h3-4,6-7,18H,2,5,8-11H2,1H3. The van der Waals surface area contributed by atoms with Crippen LogP contribution in [0.3, 0.4) is 0 Å². The Kier molecular flexibility index (Phi) is 4.40. The van der Waals surface area contributed by atoms with Gasteiger partial charge in [0, 0.05) is 10.9 Å². The van der Waals surface area contributed by atoms with Crippen molar-refractivity contribution in [2.75, 3.05) is 6.54 Å². The number of nitrogens with one attached hydrogen (secondary N) is 1. The Hall–Kier alpha value is -1.20. The quantitative estimate of drug-likeness (QED) is 0.891. The average Bonchev–Trinajstić information content (AvgIpc) is 3.12. The van der Waals surface area contributed by atoms with Crippen molar-refractivity contribution in [2.45, 2.75) is 44.6 Å². The second kappa shape index (κ2) is 6.28. The fraction of sp³-hybridized carbons (Fsp3) is 0.500. The van der Waals surface area contributed by atoms with Gasteiger partial charge in [-0.15, -0.1) is 0 Å². The summed E-state index contributed by atoms with van der Waals surface area (Å²) in [4.78, 5) is 4.66. The van der Waals surface area contributed by atoms with Crippen LogP contribution in [0.25, 0.3) is 0 Å². The van der Waals surface area contributed by atoms with E-state index in [9.17, 15) is 0 Å². The Morgan fingerprint density at radius 2 is 2.24 bits per heavy atom. The predicted octanol–water partition coefficient (Wildman–Crippen LogP) is 3.80. The summed E-state index contributed by atoms with van der Waals surface area (Å²) in [5.41, 5.74) is 1.07. The van der Waals surface area contributed by atoms with Gasteiger partial charge in [-0.2, -0.15) is 4.98 Å². The Morgan fingerprint density at radius 3 is 2.95 bits per heavy atom. The first-order valence-electron chi connectivity index (χ1n) is 7.55. The number of benzene rings is 1. The predicted molar refractivity (Wildman–Crippen MR) is 85.1 cm³/mol. The molecule has 1 fully saturated rings. The van der Waals surface area contributed by atoms with E-state index in [1.807, 2.05) is 18.2 Å². The van der Waals surface area contributed by atoms with Gasteiger partial charge < -0.3 is 9.84 Å². The zero-order chi connectivity index (χ0) is 14.7. The van der Waals surface area contributed by atoms with Gasteiger partial charge in [-0.3, -0.25) is 0 Å². The molecule has 0 radical (unpaired) electrons. The van der Waals surface area contributed by atoms with Gasteiger partial charge in [0.15, 0.2) is 5.82 Å². The summed E-state index contributed by atoms with van der Waals surface area (Å²) in [5, 5.41) is 7.75. The highest BCUT2D eigenvalue weighted by Crippen LogP contribution is 2.34. The van der Waals surface area contributed by atoms with Gasteiger partial charge in [0.25, 0.3) is 0 Å². The summed E-state index contributed by atoms with van der Waals surface area (Å²) in [6.45, 7) is 3.22. The monoisotopic (exact) mass is 349 g/mol. The highest BCUT2D eigenvalue weighted by molar-refractivity contribution is 9.10. The number of hydrogen-bond donors (Lipinski definition) is 1. The summed E-state index contributed by atoms with van der Waals surface area (Å²) in [6.07, 6.45) is 5.09. The zero-order valence-corrected chi connectivity index (χ0v) is 13.8. The average molecular weight is 350 g/mol. The van der Waals surface area contributed by atoms with Crippen LogP contribution in [0.2, 0.25) is 0 Å². The number of hydrogen-bond acceptors (Lipinski definition) is 4. The first kappa shape index (κ1) is 14.7. The molecule has 5 heteroatoms. The van der Waals surface area contributed by atoms with Gasteiger partial charge in [-0.1, -0.05) is 52.6 Å². The second-order valence-electron chi connectivity index (χ2n) is 5.65. The van der Waals surface area contributed by atoms with Crippen LogP contribution < -0.4 is 5.32 Å². The van der Waals surface area contributed by atoms with Gasteiger partial charge in [0.2, 0.25) is 5.89 Å². The third-order valence-electron chi connectivity index (χ3n) is 4.10. The van der Waals surface area contributed by atoms with Crippen molar-refractivity contribution in [1.82, 2.24) is 15.5 Å². The van der Waals surface area contributed by atoms with E-state index in [-0.39, 0.29) is 5.54 Å². The Labute approximate surface area is 133 Å². The molecule has 3 rings (SSSR count). The minimum absolute atomic E-state index is 0.103. The summed E-state index contributed by atoms with van der Waals surface area (Å²) in [7, 11) is 0. The van der Waals surface area contributed by atoms with E-state index in [0.29, 0.717) is 6.42 Å². The Bertz CT molecular complexity index is 605. The minimum Gasteiger partial charge on any atom is -0.337 e. The van der Waals surface area contributed by atoms with Crippen molar-refractivity contribution >= 4 is 15.9 Å². The van der Waals surface area contributed by atoms with Crippen LogP contribution in [0.5, 0.6) is 0 Å². The molecule has 2 heterocycles. The summed E-state index contributed by atoms with van der Waals surface area (Å²) >= 11 is 3.56. The third-order valence-corrected chi connectivity index (χ3v) is 4.88. The highest BCUT2D eigenvalue weighted by Gasteiger charge is 2.39. The second-order valence-corrected chi connectivity index (χ2v) is 6.50. The van der Waals surface area contributed by atoms with E-state index in [0.717, 1.165) is 42.0 Å². The van der Waals surface area contributed by atoms with Crippen molar-refractivity contribution in [1.29, 1.82) is 0 Å². The van der Waals surface area contributed by atoms with E-state index < -0.39 is 0 Å². The molecule has 4 nitrogen and oxygen atoms in total. The lowest BCUT2D eigenvalue weighted by atomic mass is 9.92. The summed E-state index contributed by atoms with van der Waals surface area (Å²) in [5.74, 6) is 1.50. The van der Waals surface area contributed by atoms with E-state index in [1.54, 1.807) is 0 Å². The first-order valence-corrected chi connectivity index (χ1v) is 8.34. The van der Waals surface area contributed by atoms with Gasteiger partial charge in [0.05, 0.1) is 5.54 Å². The molecule has 1 saturated heterocycles. The van der Waals surface area contributed by atoms with Crippen LogP contribution in [0.15, 0.2) is 33.3 Å². The number of nitrogens with zero attached hydrogens (tertiary/aromatic N) is 2. The lowest BCUT2D eigenvalue weighted by Gasteiger charge is -2.24. The molecular formula is C16H20BrN3O. The van der Waals surface area contributed by atoms with Crippen LogP contribution in [0, 0.1) is 0 Å². The van der Waals surface area contributed by atoms with Crippen LogP contribution in [-0.2, 0) is 12.0 Å². The van der Waals surface area contributed by atoms with E-state index in [4.69, 9.17) is 4.52 Å². The smallest absolute Gasteiger partial charge is 0.246 e. The van der Waals surface area contributed by atoms with Gasteiger partial charge in [0.1, 0.15) is 0 Å². The lowest BCUT2D eigenvalue weighted by molar-refractivity contribution is 0.240. The molecule has 112 valence electrons. The van der Waals surface area contributed by atoms with Crippen LogP contribution >= 0.6 is 15.9 Å². The normalized spacial score (nSPS) is 21.8. The fourth-order valence-electron chi connectivity index (χ4n) is 3.07. The molecule has 0 aliphatic carbocycles. The zero-order valence-electron chi connectivity index (χ0n) is 12.2. The number of aromatic nitrogens is 2. The van der Waals surface area contributed by atoms with E-state index in [2.05, 4.69) is 44.4 Å². The molecule has 0 amide bonds. The molecule has 1 aromatic carbocycles. The first-order chi connectivity index (χ1) is 10.2. The Balaban J connectivity index is 1.81. The van der Waals surface area contributed by atoms with Crippen LogP contribution in [0.1, 0.15) is 49.9 Å². The maximum Gasteiger partial charge on any atom is 0.246 e. The summed E-state index contributed by atoms with van der Waals surface area (Å²) in [6, 6.07) is 8.15. The third kappa shape index (κ3) is 3.04. The largest absolute Gasteiger partial charge is 0.337 e. The maximum atomic E-state index is 5.58. The van der Waals surface area contributed by atoms with E-state index in [1.165, 1.54) is 12.0 Å². The van der Waals surface area contributed by atoms with Crippen molar-refractivity contribution in [3.8, 4) is 0 Å². The summed E-state index contributed by atoms with van der Waals surface area (Å²) < 4.78 is 6.66. The molecule has 1 aliphatic rings.